The maximum Gasteiger partial charge on any atom is 3.00 e. The predicted octanol–water partition coefficient (Wildman–Crippen LogP) is 2.26. The van der Waals surface area contributed by atoms with Crippen molar-refractivity contribution in [3.05, 3.63) is 5.66 Å². The minimum absolute atomic E-state index is 0. The molecule has 0 amide bonds. The topological polar surface area (TPSA) is 0 Å². The first-order valence-electron chi connectivity index (χ1n) is 2.43. The third-order valence-corrected chi connectivity index (χ3v) is 3.63. The molecule has 8 heavy (non-hydrogen) atoms. The van der Waals surface area contributed by atoms with E-state index in [2.05, 4.69) is 33.5 Å². The van der Waals surface area contributed by atoms with Gasteiger partial charge in [-0.05, 0) is 0 Å². The standard InChI is InChI=1S/C6H14P.Y/c1-6(2)7(3,4)5;/h3H2,1-2,4-5H3;/q-1;+3. The second-order valence-electron chi connectivity index (χ2n) is 2.63. The van der Waals surface area contributed by atoms with Gasteiger partial charge in [0.1, 0.15) is 0 Å². The van der Waals surface area contributed by atoms with E-state index in [1.54, 1.807) is 0 Å². The van der Waals surface area contributed by atoms with Crippen LogP contribution in [0.3, 0.4) is 0 Å². The van der Waals surface area contributed by atoms with Crippen LogP contribution in [0.2, 0.25) is 0 Å². The van der Waals surface area contributed by atoms with Crippen LogP contribution < -0.4 is 0 Å². The van der Waals surface area contributed by atoms with Gasteiger partial charge in [-0.15, -0.1) is 6.30 Å². The Morgan fingerprint density at radius 2 is 1.38 bits per heavy atom. The minimum atomic E-state index is -0.821. The van der Waals surface area contributed by atoms with Crippen LogP contribution in [0.5, 0.6) is 0 Å². The maximum atomic E-state index is 4.04. The summed E-state index contributed by atoms with van der Waals surface area (Å²) in [6.45, 7) is 7.94. The van der Waals surface area contributed by atoms with Gasteiger partial charge in [0.25, 0.3) is 0 Å². The first kappa shape index (κ1) is 12.1. The van der Waals surface area contributed by atoms with Crippen LogP contribution in [0.25, 0.3) is 0 Å². The molecule has 0 aromatic carbocycles. The molecule has 0 unspecified atom stereocenters. The molecule has 0 fully saturated rings. The van der Waals surface area contributed by atoms with E-state index in [9.17, 15) is 0 Å². The van der Waals surface area contributed by atoms with Crippen molar-refractivity contribution in [2.45, 2.75) is 13.8 Å². The van der Waals surface area contributed by atoms with E-state index in [0.717, 1.165) is 0 Å². The van der Waals surface area contributed by atoms with E-state index in [-0.39, 0.29) is 32.7 Å². The summed E-state index contributed by atoms with van der Waals surface area (Å²) in [7, 11) is 0. The first-order valence-corrected chi connectivity index (χ1v) is 5.30. The molecule has 2 heteroatoms. The molecule has 0 heterocycles. The smallest absolute Gasteiger partial charge is 0.293 e. The molecule has 0 saturated heterocycles. The largest absolute Gasteiger partial charge is 3.00 e. The van der Waals surface area contributed by atoms with Crippen molar-refractivity contribution in [1.82, 2.24) is 0 Å². The van der Waals surface area contributed by atoms with Gasteiger partial charge in [-0.25, -0.2) is 6.89 Å². The van der Waals surface area contributed by atoms with E-state index in [1.165, 1.54) is 5.66 Å². The quantitative estimate of drug-likeness (QED) is 0.456. The second-order valence-corrected chi connectivity index (χ2v) is 6.90. The fourth-order valence-electron chi connectivity index (χ4n) is 0. The Morgan fingerprint density at radius 1 is 1.25 bits per heavy atom. The molecule has 0 spiro atoms. The van der Waals surface area contributed by atoms with Crippen LogP contribution in [0, 0.1) is 5.66 Å². The molecule has 44 valence electrons. The van der Waals surface area contributed by atoms with Gasteiger partial charge in [0.15, 0.2) is 0 Å². The molecule has 0 aromatic heterocycles. The molecule has 0 bridgehead atoms. The van der Waals surface area contributed by atoms with Crippen molar-refractivity contribution in [3.63, 3.8) is 0 Å². The molecular weight excluding hydrogens is 192 g/mol. The van der Waals surface area contributed by atoms with Gasteiger partial charge in [-0.3, -0.25) is 5.66 Å². The molecule has 0 aliphatic carbocycles. The normalized spacial score (nSPS) is 11.1. The molecule has 0 aromatic rings. The van der Waals surface area contributed by atoms with E-state index in [4.69, 9.17) is 0 Å². The Labute approximate surface area is 78.3 Å². The van der Waals surface area contributed by atoms with Crippen molar-refractivity contribution in [2.75, 3.05) is 13.3 Å². The summed E-state index contributed by atoms with van der Waals surface area (Å²) in [4.78, 5) is 0. The number of hydrogen-bond acceptors (Lipinski definition) is 0. The van der Waals surface area contributed by atoms with Gasteiger partial charge in [0.2, 0.25) is 0 Å². The van der Waals surface area contributed by atoms with Gasteiger partial charge < -0.3 is 0 Å². The molecule has 0 aliphatic rings. The monoisotopic (exact) mass is 206 g/mol. The van der Waals surface area contributed by atoms with Crippen LogP contribution in [0.1, 0.15) is 13.8 Å². The van der Waals surface area contributed by atoms with Gasteiger partial charge in [0.05, 0.1) is 0 Å². The van der Waals surface area contributed by atoms with Crippen LogP contribution in [-0.4, -0.2) is 19.6 Å². The van der Waals surface area contributed by atoms with Gasteiger partial charge >= 0.3 is 32.7 Å². The molecule has 0 saturated carbocycles. The second kappa shape index (κ2) is 4.26. The Morgan fingerprint density at radius 3 is 1.38 bits per heavy atom. The predicted molar refractivity (Wildman–Crippen MR) is 40.5 cm³/mol. The van der Waals surface area contributed by atoms with E-state index >= 15 is 0 Å². The zero-order chi connectivity index (χ0) is 6.08. The van der Waals surface area contributed by atoms with Crippen molar-refractivity contribution >= 4 is 13.2 Å². The first-order chi connectivity index (χ1) is 2.94. The molecule has 0 atom stereocenters. The van der Waals surface area contributed by atoms with Gasteiger partial charge in [-0.2, -0.15) is 13.8 Å². The van der Waals surface area contributed by atoms with Crippen LogP contribution in [0.15, 0.2) is 0 Å². The fraction of sp³-hybridized carbons (Fsp3) is 0.667. The number of rotatable bonds is 1. The Balaban J connectivity index is 0. The third-order valence-electron chi connectivity index (χ3n) is 1.21. The van der Waals surface area contributed by atoms with E-state index in [0.29, 0.717) is 0 Å². The molecule has 0 rings (SSSR count). The Kier molecular flexibility index (Phi) is 6.45. The van der Waals surface area contributed by atoms with Gasteiger partial charge in [-0.1, -0.05) is 13.3 Å². The summed E-state index contributed by atoms with van der Waals surface area (Å²) in [5.41, 5.74) is 1.49. The minimum Gasteiger partial charge on any atom is -0.293 e. The molecule has 0 nitrogen and oxygen atoms in total. The summed E-state index contributed by atoms with van der Waals surface area (Å²) in [6, 6.07) is 0. The van der Waals surface area contributed by atoms with Crippen molar-refractivity contribution in [1.29, 1.82) is 0 Å². The van der Waals surface area contributed by atoms with Crippen LogP contribution >= 0.6 is 6.89 Å². The summed E-state index contributed by atoms with van der Waals surface area (Å²) >= 11 is 0. The summed E-state index contributed by atoms with van der Waals surface area (Å²) in [6.07, 6.45) is 4.04. The van der Waals surface area contributed by atoms with Crippen molar-refractivity contribution < 1.29 is 32.7 Å². The zero-order valence-corrected chi connectivity index (χ0v) is 9.96. The van der Waals surface area contributed by atoms with Crippen LogP contribution in [-0.2, 0) is 32.7 Å². The third kappa shape index (κ3) is 5.54. The average molecular weight is 206 g/mol. The molecular formula is C6H14PY+2. The molecule has 0 radical (unpaired) electrons. The summed E-state index contributed by atoms with van der Waals surface area (Å²) < 4.78 is 0. The van der Waals surface area contributed by atoms with Crippen molar-refractivity contribution in [3.8, 4) is 0 Å². The van der Waals surface area contributed by atoms with E-state index in [1.807, 2.05) is 0 Å². The zero-order valence-electron chi connectivity index (χ0n) is 6.23. The summed E-state index contributed by atoms with van der Waals surface area (Å²) in [5.74, 6) is 0. The Bertz CT molecular complexity index is 90.7. The SMILES string of the molecule is C=P(C)(C)[C-](C)C.[Y+3]. The molecule has 0 N–H and O–H groups in total. The number of hydrogen-bond donors (Lipinski definition) is 0. The van der Waals surface area contributed by atoms with Crippen molar-refractivity contribution in [2.24, 2.45) is 0 Å². The maximum absolute atomic E-state index is 4.04. The van der Waals surface area contributed by atoms with Gasteiger partial charge in [0, 0.05) is 0 Å². The average Bonchev–Trinajstić information content (AvgIpc) is 1.31. The summed E-state index contributed by atoms with van der Waals surface area (Å²) in [5, 5.41) is 0. The van der Waals surface area contributed by atoms with Crippen LogP contribution in [0.4, 0.5) is 0 Å². The Hall–Kier alpha value is 1.40. The van der Waals surface area contributed by atoms with E-state index < -0.39 is 6.89 Å². The fourth-order valence-corrected chi connectivity index (χ4v) is 0. The molecule has 0 aliphatic heterocycles.